The summed E-state index contributed by atoms with van der Waals surface area (Å²) in [7, 11) is 0. The predicted octanol–water partition coefficient (Wildman–Crippen LogP) is 2.46. The lowest BCUT2D eigenvalue weighted by atomic mass is 10.0. The van der Waals surface area contributed by atoms with Crippen molar-refractivity contribution in [1.82, 2.24) is 0 Å². The molecule has 0 spiro atoms. The summed E-state index contributed by atoms with van der Waals surface area (Å²) < 4.78 is 0. The molecule has 0 atom stereocenters. The van der Waals surface area contributed by atoms with Gasteiger partial charge in [-0.25, -0.2) is 0 Å². The summed E-state index contributed by atoms with van der Waals surface area (Å²) >= 11 is 0. The van der Waals surface area contributed by atoms with Gasteiger partial charge in [0.05, 0.1) is 6.07 Å². The number of nitriles is 1. The topological polar surface area (TPSA) is 49.8 Å². The van der Waals surface area contributed by atoms with Gasteiger partial charge >= 0.3 is 0 Å². The quantitative estimate of drug-likeness (QED) is 0.718. The molecule has 0 bridgehead atoms. The van der Waals surface area contributed by atoms with E-state index in [1.807, 2.05) is 31.2 Å². The number of aryl methyl sites for hydroxylation is 1. The second-order valence-electron chi connectivity index (χ2n) is 3.12. The van der Waals surface area contributed by atoms with E-state index in [0.29, 0.717) is 5.70 Å². The number of hydrogen-bond acceptors (Lipinski definition) is 2. The Hall–Kier alpha value is -2.01. The van der Waals surface area contributed by atoms with E-state index >= 15 is 0 Å². The van der Waals surface area contributed by atoms with E-state index in [4.69, 9.17) is 11.0 Å². The molecule has 0 aliphatic heterocycles. The summed E-state index contributed by atoms with van der Waals surface area (Å²) in [4.78, 5) is 0. The Bertz CT molecular complexity index is 422. The molecular weight excluding hydrogens is 172 g/mol. The molecule has 0 unspecified atom stereocenters. The van der Waals surface area contributed by atoms with Gasteiger partial charge in [-0.1, -0.05) is 12.6 Å². The van der Waals surface area contributed by atoms with Crippen LogP contribution in [0.1, 0.15) is 16.7 Å². The van der Waals surface area contributed by atoms with Crippen molar-refractivity contribution in [1.29, 1.82) is 5.26 Å². The average Bonchev–Trinajstić information content (AvgIpc) is 2.14. The van der Waals surface area contributed by atoms with Crippen molar-refractivity contribution in [3.8, 4) is 6.07 Å². The van der Waals surface area contributed by atoms with E-state index in [1.165, 1.54) is 6.08 Å². The minimum Gasteiger partial charge on any atom is -0.399 e. The third-order valence-corrected chi connectivity index (χ3v) is 1.82. The van der Waals surface area contributed by atoms with Crippen molar-refractivity contribution in [3.63, 3.8) is 0 Å². The molecule has 0 aliphatic carbocycles. The minimum atomic E-state index is 0.542. The van der Waals surface area contributed by atoms with Gasteiger partial charge in [0.15, 0.2) is 0 Å². The standard InChI is InChI=1S/C12H12N2/c1-9-6-11(4-3-5-13)8-12(7-9)10(2)14/h3-4,6-8H,2,14H2,1H3/b4-3+. The molecule has 0 saturated heterocycles. The Morgan fingerprint density at radius 2 is 2.21 bits per heavy atom. The highest BCUT2D eigenvalue weighted by molar-refractivity contribution is 5.65. The Labute approximate surface area is 84.0 Å². The van der Waals surface area contributed by atoms with E-state index in [9.17, 15) is 0 Å². The van der Waals surface area contributed by atoms with Gasteiger partial charge in [0.1, 0.15) is 0 Å². The van der Waals surface area contributed by atoms with Crippen molar-refractivity contribution in [2.75, 3.05) is 0 Å². The number of nitrogens with zero attached hydrogens (tertiary/aromatic N) is 1. The van der Waals surface area contributed by atoms with E-state index in [2.05, 4.69) is 6.58 Å². The molecule has 0 aliphatic rings. The maximum absolute atomic E-state index is 8.40. The SMILES string of the molecule is C=C(N)c1cc(C)cc(/C=C/C#N)c1. The van der Waals surface area contributed by atoms with Gasteiger partial charge in [-0.2, -0.15) is 5.26 Å². The highest BCUT2D eigenvalue weighted by Gasteiger charge is 1.97. The zero-order valence-corrected chi connectivity index (χ0v) is 8.12. The van der Waals surface area contributed by atoms with Crippen molar-refractivity contribution in [2.45, 2.75) is 6.92 Å². The Morgan fingerprint density at radius 1 is 1.50 bits per heavy atom. The molecule has 2 N–H and O–H groups in total. The van der Waals surface area contributed by atoms with Crippen molar-refractivity contribution in [3.05, 3.63) is 47.5 Å². The lowest BCUT2D eigenvalue weighted by Crippen LogP contribution is -1.94. The first-order valence-corrected chi connectivity index (χ1v) is 4.26. The third-order valence-electron chi connectivity index (χ3n) is 1.82. The van der Waals surface area contributed by atoms with Crippen LogP contribution < -0.4 is 5.73 Å². The monoisotopic (exact) mass is 184 g/mol. The third kappa shape index (κ3) is 2.49. The lowest BCUT2D eigenvalue weighted by Gasteiger charge is -2.03. The van der Waals surface area contributed by atoms with Crippen LogP contribution in [0.15, 0.2) is 30.9 Å². The van der Waals surface area contributed by atoms with Crippen LogP contribution in [0.4, 0.5) is 0 Å². The Kier molecular flexibility index (Phi) is 3.09. The summed E-state index contributed by atoms with van der Waals surface area (Å²) in [5.41, 5.74) is 9.11. The van der Waals surface area contributed by atoms with Crippen molar-refractivity contribution in [2.24, 2.45) is 5.73 Å². The highest BCUT2D eigenvalue weighted by atomic mass is 14.6. The van der Waals surface area contributed by atoms with Crippen LogP contribution in [0.3, 0.4) is 0 Å². The van der Waals surface area contributed by atoms with E-state index in [0.717, 1.165) is 16.7 Å². The summed E-state index contributed by atoms with van der Waals surface area (Å²) in [6.07, 6.45) is 3.19. The minimum absolute atomic E-state index is 0.542. The number of rotatable bonds is 2. The molecule has 2 heteroatoms. The molecule has 14 heavy (non-hydrogen) atoms. The van der Waals surface area contributed by atoms with Crippen LogP contribution in [0.25, 0.3) is 11.8 Å². The first kappa shape index (κ1) is 10.1. The molecule has 1 aromatic rings. The Morgan fingerprint density at radius 3 is 2.79 bits per heavy atom. The van der Waals surface area contributed by atoms with Gasteiger partial charge in [-0.3, -0.25) is 0 Å². The molecule has 0 radical (unpaired) electrons. The smallest absolute Gasteiger partial charge is 0.0912 e. The van der Waals surface area contributed by atoms with Crippen molar-refractivity contribution >= 4 is 11.8 Å². The fourth-order valence-corrected chi connectivity index (χ4v) is 1.23. The number of benzene rings is 1. The van der Waals surface area contributed by atoms with Gasteiger partial charge in [0.25, 0.3) is 0 Å². The van der Waals surface area contributed by atoms with E-state index in [1.54, 1.807) is 6.08 Å². The molecule has 70 valence electrons. The van der Waals surface area contributed by atoms with Crippen LogP contribution in [0.5, 0.6) is 0 Å². The normalized spacial score (nSPS) is 10.0. The largest absolute Gasteiger partial charge is 0.399 e. The molecule has 0 heterocycles. The molecule has 1 rings (SSSR count). The molecule has 0 aromatic heterocycles. The first-order chi connectivity index (χ1) is 6.63. The summed E-state index contributed by atoms with van der Waals surface area (Å²) in [6.45, 7) is 5.66. The zero-order valence-electron chi connectivity index (χ0n) is 8.12. The van der Waals surface area contributed by atoms with Gasteiger partial charge < -0.3 is 5.73 Å². The number of nitrogens with two attached hydrogens (primary N) is 1. The van der Waals surface area contributed by atoms with Crippen LogP contribution >= 0.6 is 0 Å². The van der Waals surface area contributed by atoms with Gasteiger partial charge in [0.2, 0.25) is 0 Å². The molecule has 0 fully saturated rings. The average molecular weight is 184 g/mol. The molecule has 0 saturated carbocycles. The second-order valence-corrected chi connectivity index (χ2v) is 3.12. The van der Waals surface area contributed by atoms with Crippen LogP contribution in [-0.4, -0.2) is 0 Å². The molecule has 2 nitrogen and oxygen atoms in total. The van der Waals surface area contributed by atoms with E-state index in [-0.39, 0.29) is 0 Å². The fraction of sp³-hybridized carbons (Fsp3) is 0.0833. The summed E-state index contributed by atoms with van der Waals surface area (Å²) in [6, 6.07) is 7.81. The lowest BCUT2D eigenvalue weighted by molar-refractivity contribution is 1.41. The second kappa shape index (κ2) is 4.29. The Balaban J connectivity index is 3.15. The van der Waals surface area contributed by atoms with Gasteiger partial charge in [-0.15, -0.1) is 0 Å². The maximum atomic E-state index is 8.40. The predicted molar refractivity (Wildman–Crippen MR) is 59.0 cm³/mol. The van der Waals surface area contributed by atoms with Crippen LogP contribution in [0, 0.1) is 18.3 Å². The summed E-state index contributed by atoms with van der Waals surface area (Å²) in [5, 5.41) is 8.40. The summed E-state index contributed by atoms with van der Waals surface area (Å²) in [5.74, 6) is 0. The van der Waals surface area contributed by atoms with Crippen molar-refractivity contribution < 1.29 is 0 Å². The zero-order chi connectivity index (χ0) is 10.6. The maximum Gasteiger partial charge on any atom is 0.0912 e. The number of allylic oxidation sites excluding steroid dienone is 1. The molecular formula is C12H12N2. The molecule has 1 aromatic carbocycles. The van der Waals surface area contributed by atoms with Gasteiger partial charge in [-0.05, 0) is 41.8 Å². The van der Waals surface area contributed by atoms with Gasteiger partial charge in [0, 0.05) is 11.8 Å². The van der Waals surface area contributed by atoms with Crippen LogP contribution in [0.2, 0.25) is 0 Å². The molecule has 0 amide bonds. The fourth-order valence-electron chi connectivity index (χ4n) is 1.23. The van der Waals surface area contributed by atoms with E-state index < -0.39 is 0 Å². The number of hydrogen-bond donors (Lipinski definition) is 1. The van der Waals surface area contributed by atoms with Crippen LogP contribution in [-0.2, 0) is 0 Å². The first-order valence-electron chi connectivity index (χ1n) is 4.26. The highest BCUT2D eigenvalue weighted by Crippen LogP contribution is 2.14.